The molecule has 0 radical (unpaired) electrons. The molecule has 208 valence electrons. The Morgan fingerprint density at radius 1 is 1.24 bits per heavy atom. The standard InChI is InChI=1S/C28H44N2O6S/c1-16-10-9-11-28(6)22(36-28)14-20(17(2)12-19-13-23(37-8)30(7)29-19)35-24(32)15-21(31)27(4,5)26(34)18(3)25(16)33/h12-13,16,18,20-22,25,31,33H,9-11,14-15H2,1-8H3/t16-,18+,20-,21-,22-,25-,28+/m0/s1. The van der Waals surface area contributed by atoms with Gasteiger partial charge in [0.25, 0.3) is 0 Å². The van der Waals surface area contributed by atoms with E-state index < -0.39 is 35.6 Å². The predicted octanol–water partition coefficient (Wildman–Crippen LogP) is 4.17. The van der Waals surface area contributed by atoms with Gasteiger partial charge >= 0.3 is 5.97 Å². The van der Waals surface area contributed by atoms with Crippen LogP contribution in [0.15, 0.2) is 16.7 Å². The van der Waals surface area contributed by atoms with Gasteiger partial charge in [0.2, 0.25) is 0 Å². The molecular formula is C28H44N2O6S. The summed E-state index contributed by atoms with van der Waals surface area (Å²) in [7, 11) is 1.89. The molecule has 9 heteroatoms. The third kappa shape index (κ3) is 6.85. The van der Waals surface area contributed by atoms with E-state index in [2.05, 4.69) is 12.0 Å². The Balaban J connectivity index is 1.87. The number of cyclic esters (lactones) is 1. The zero-order valence-corrected chi connectivity index (χ0v) is 24.3. The van der Waals surface area contributed by atoms with Crippen molar-refractivity contribution in [3.05, 3.63) is 17.3 Å². The Labute approximate surface area is 225 Å². The summed E-state index contributed by atoms with van der Waals surface area (Å²) in [6.07, 6.45) is 3.87. The minimum absolute atomic E-state index is 0.0610. The molecule has 0 saturated carbocycles. The number of carbonyl (C=O) groups is 2. The first-order valence-corrected chi connectivity index (χ1v) is 14.5. The number of hydrogen-bond donors (Lipinski definition) is 2. The van der Waals surface area contributed by atoms with Crippen LogP contribution in [-0.2, 0) is 26.1 Å². The molecular weight excluding hydrogens is 492 g/mol. The highest BCUT2D eigenvalue weighted by atomic mass is 32.2. The molecule has 0 unspecified atom stereocenters. The fourth-order valence-corrected chi connectivity index (χ4v) is 5.90. The lowest BCUT2D eigenvalue weighted by Crippen LogP contribution is -2.45. The van der Waals surface area contributed by atoms with Crippen LogP contribution >= 0.6 is 11.8 Å². The van der Waals surface area contributed by atoms with Gasteiger partial charge in [-0.1, -0.05) is 34.1 Å². The molecule has 2 N–H and O–H groups in total. The Kier molecular flexibility index (Phi) is 9.36. The molecule has 0 spiro atoms. The van der Waals surface area contributed by atoms with Crippen molar-refractivity contribution in [1.29, 1.82) is 0 Å². The third-order valence-corrected chi connectivity index (χ3v) is 9.16. The third-order valence-electron chi connectivity index (χ3n) is 8.36. The van der Waals surface area contributed by atoms with Crippen LogP contribution in [0.2, 0.25) is 0 Å². The number of nitrogens with zero attached hydrogens (tertiary/aromatic N) is 2. The quantitative estimate of drug-likeness (QED) is 0.336. The van der Waals surface area contributed by atoms with Gasteiger partial charge in [0.1, 0.15) is 11.9 Å². The number of aliphatic hydroxyl groups is 2. The molecule has 3 rings (SSSR count). The van der Waals surface area contributed by atoms with Crippen molar-refractivity contribution in [3.63, 3.8) is 0 Å². The van der Waals surface area contributed by atoms with E-state index in [1.165, 1.54) is 0 Å². The number of rotatable bonds is 3. The highest BCUT2D eigenvalue weighted by Gasteiger charge is 2.53. The topological polar surface area (TPSA) is 114 Å². The SMILES string of the molecule is CSc1cc(C=C(C)[C@@H]2C[C@@H]3O[C@]3(C)CCC[C@H](C)[C@H](O)[C@@H](C)C(=O)C(C)(C)[C@@H](O)CC(=O)O2)nn1C. The smallest absolute Gasteiger partial charge is 0.309 e. The van der Waals surface area contributed by atoms with Crippen LogP contribution in [0.1, 0.15) is 79.3 Å². The van der Waals surface area contributed by atoms with Crippen molar-refractivity contribution in [3.8, 4) is 0 Å². The van der Waals surface area contributed by atoms with Crippen molar-refractivity contribution in [2.24, 2.45) is 24.3 Å². The zero-order valence-electron chi connectivity index (χ0n) is 23.5. The Morgan fingerprint density at radius 2 is 1.92 bits per heavy atom. The fraction of sp³-hybridized carbons (Fsp3) is 0.750. The average Bonchev–Trinajstić information content (AvgIpc) is 3.32. The molecule has 7 atom stereocenters. The van der Waals surface area contributed by atoms with E-state index in [-0.39, 0.29) is 29.8 Å². The van der Waals surface area contributed by atoms with E-state index >= 15 is 0 Å². The summed E-state index contributed by atoms with van der Waals surface area (Å²) in [6, 6.07) is 1.98. The number of ketones is 1. The second-order valence-electron chi connectivity index (χ2n) is 11.7. The van der Waals surface area contributed by atoms with Gasteiger partial charge in [-0.3, -0.25) is 14.3 Å². The molecule has 2 aliphatic heterocycles. The largest absolute Gasteiger partial charge is 0.458 e. The van der Waals surface area contributed by atoms with Gasteiger partial charge in [0, 0.05) is 19.4 Å². The number of hydrogen-bond acceptors (Lipinski definition) is 8. The number of aryl methyl sites for hydroxylation is 1. The van der Waals surface area contributed by atoms with Crippen molar-refractivity contribution >= 4 is 29.6 Å². The summed E-state index contributed by atoms with van der Waals surface area (Å²) < 4.78 is 13.8. The van der Waals surface area contributed by atoms with Gasteiger partial charge in [-0.25, -0.2) is 0 Å². The fourth-order valence-electron chi connectivity index (χ4n) is 5.35. The first-order chi connectivity index (χ1) is 17.2. The summed E-state index contributed by atoms with van der Waals surface area (Å²) in [5.41, 5.74) is 0.0948. The van der Waals surface area contributed by atoms with Crippen LogP contribution in [0.4, 0.5) is 0 Å². The number of carbonyl (C=O) groups excluding carboxylic acids is 2. The molecule has 2 aliphatic rings. The Bertz CT molecular complexity index is 1020. The minimum Gasteiger partial charge on any atom is -0.458 e. The summed E-state index contributed by atoms with van der Waals surface area (Å²) in [5, 5.41) is 27.3. The second kappa shape index (κ2) is 11.6. The maximum absolute atomic E-state index is 13.3. The number of ether oxygens (including phenoxy) is 2. The molecule has 0 amide bonds. The lowest BCUT2D eigenvalue weighted by atomic mass is 9.73. The molecule has 2 fully saturated rings. The molecule has 0 aromatic carbocycles. The van der Waals surface area contributed by atoms with Gasteiger partial charge < -0.3 is 19.7 Å². The first kappa shape index (κ1) is 29.9. The van der Waals surface area contributed by atoms with Crippen molar-refractivity contribution < 1.29 is 29.3 Å². The number of Topliss-reactive ketones (excluding diaryl/α,β-unsaturated/α-hetero) is 1. The van der Waals surface area contributed by atoms with E-state index in [1.54, 1.807) is 32.5 Å². The average molecular weight is 537 g/mol. The highest BCUT2D eigenvalue weighted by molar-refractivity contribution is 7.98. The van der Waals surface area contributed by atoms with Crippen molar-refractivity contribution in [2.45, 2.75) is 109 Å². The molecule has 0 bridgehead atoms. The monoisotopic (exact) mass is 536 g/mol. The van der Waals surface area contributed by atoms with E-state index in [9.17, 15) is 19.8 Å². The maximum atomic E-state index is 13.3. The number of thioether (sulfide) groups is 1. The lowest BCUT2D eigenvalue weighted by molar-refractivity contribution is -0.154. The molecule has 3 heterocycles. The number of aromatic nitrogens is 2. The van der Waals surface area contributed by atoms with Gasteiger partial charge in [0.05, 0.1) is 46.5 Å². The number of epoxide rings is 1. The molecule has 0 aliphatic carbocycles. The van der Waals surface area contributed by atoms with Crippen LogP contribution in [-0.4, -0.2) is 68.0 Å². The zero-order chi connectivity index (χ0) is 27.7. The Morgan fingerprint density at radius 3 is 2.54 bits per heavy atom. The minimum atomic E-state index is -1.24. The van der Waals surface area contributed by atoms with Crippen molar-refractivity contribution in [2.75, 3.05) is 6.26 Å². The van der Waals surface area contributed by atoms with Crippen LogP contribution in [0.5, 0.6) is 0 Å². The number of aliphatic hydroxyl groups excluding tert-OH is 2. The summed E-state index contributed by atoms with van der Waals surface area (Å²) >= 11 is 1.60. The van der Waals surface area contributed by atoms with Gasteiger partial charge in [-0.15, -0.1) is 11.8 Å². The van der Waals surface area contributed by atoms with Gasteiger partial charge in [-0.05, 0) is 56.6 Å². The summed E-state index contributed by atoms with van der Waals surface area (Å²) in [4.78, 5) is 26.3. The van der Waals surface area contributed by atoms with Crippen molar-refractivity contribution in [1.82, 2.24) is 9.78 Å². The molecule has 37 heavy (non-hydrogen) atoms. The van der Waals surface area contributed by atoms with E-state index in [4.69, 9.17) is 9.47 Å². The van der Waals surface area contributed by atoms with Crippen LogP contribution in [0.25, 0.3) is 6.08 Å². The van der Waals surface area contributed by atoms with Gasteiger partial charge in [0.15, 0.2) is 0 Å². The van der Waals surface area contributed by atoms with Gasteiger partial charge in [-0.2, -0.15) is 5.10 Å². The van der Waals surface area contributed by atoms with Crippen LogP contribution < -0.4 is 0 Å². The highest BCUT2D eigenvalue weighted by Crippen LogP contribution is 2.45. The molecule has 1 aromatic rings. The first-order valence-electron chi connectivity index (χ1n) is 13.2. The van der Waals surface area contributed by atoms with E-state index in [1.807, 2.05) is 44.0 Å². The van der Waals surface area contributed by atoms with E-state index in [0.717, 1.165) is 35.6 Å². The second-order valence-corrected chi connectivity index (χ2v) is 12.5. The lowest BCUT2D eigenvalue weighted by Gasteiger charge is -2.34. The normalized spacial score (nSPS) is 36.1. The number of esters is 1. The predicted molar refractivity (Wildman–Crippen MR) is 144 cm³/mol. The van der Waals surface area contributed by atoms with Crippen LogP contribution in [0, 0.1) is 17.3 Å². The molecule has 8 nitrogen and oxygen atoms in total. The van der Waals surface area contributed by atoms with E-state index in [0.29, 0.717) is 6.42 Å². The molecule has 2 saturated heterocycles. The number of fused-ring (bicyclic) bond motifs is 1. The maximum Gasteiger partial charge on any atom is 0.309 e. The Hall–Kier alpha value is -1.68. The summed E-state index contributed by atoms with van der Waals surface area (Å²) in [5.74, 6) is -1.57. The molecule has 1 aromatic heterocycles. The summed E-state index contributed by atoms with van der Waals surface area (Å²) in [6.45, 7) is 10.9. The van der Waals surface area contributed by atoms with Crippen LogP contribution in [0.3, 0.4) is 0 Å².